The van der Waals surface area contributed by atoms with Gasteiger partial charge in [-0.3, -0.25) is 4.98 Å². The maximum Gasteiger partial charge on any atom is 0.0963 e. The standard InChI is InChI=1S/C17H13N3/c18-12-8-9-14-16(11-12)20(13-5-2-1-3-6-13)15-7-4-10-19-17(14)15/h1-11H,18H2. The number of benzene rings is 2. The Morgan fingerprint density at radius 3 is 2.55 bits per heavy atom. The highest BCUT2D eigenvalue weighted by Crippen LogP contribution is 2.31. The minimum Gasteiger partial charge on any atom is -0.399 e. The monoisotopic (exact) mass is 259 g/mol. The number of rotatable bonds is 1. The average molecular weight is 259 g/mol. The van der Waals surface area contributed by atoms with Gasteiger partial charge < -0.3 is 10.3 Å². The van der Waals surface area contributed by atoms with Crippen LogP contribution in [0.2, 0.25) is 0 Å². The van der Waals surface area contributed by atoms with E-state index in [1.165, 1.54) is 0 Å². The summed E-state index contributed by atoms with van der Waals surface area (Å²) in [5.41, 5.74) is 11.0. The minimum absolute atomic E-state index is 0.762. The molecule has 0 aliphatic heterocycles. The number of hydrogen-bond acceptors (Lipinski definition) is 2. The normalized spacial score (nSPS) is 11.2. The van der Waals surface area contributed by atoms with Crippen molar-refractivity contribution in [2.45, 2.75) is 0 Å². The quantitative estimate of drug-likeness (QED) is 0.529. The van der Waals surface area contributed by atoms with Gasteiger partial charge in [-0.05, 0) is 42.5 Å². The van der Waals surface area contributed by atoms with Gasteiger partial charge in [-0.1, -0.05) is 18.2 Å². The Balaban J connectivity index is 2.23. The molecule has 96 valence electrons. The fraction of sp³-hybridized carbons (Fsp3) is 0. The SMILES string of the molecule is Nc1ccc2c3ncccc3n(-c3ccccc3)c2c1. The first-order valence-corrected chi connectivity index (χ1v) is 6.55. The van der Waals surface area contributed by atoms with E-state index in [4.69, 9.17) is 5.73 Å². The molecule has 0 atom stereocenters. The summed E-state index contributed by atoms with van der Waals surface area (Å²) >= 11 is 0. The number of nitrogens with zero attached hydrogens (tertiary/aromatic N) is 2. The van der Waals surface area contributed by atoms with Crippen LogP contribution in [0.3, 0.4) is 0 Å². The molecule has 3 heteroatoms. The largest absolute Gasteiger partial charge is 0.399 e. The number of anilines is 1. The lowest BCUT2D eigenvalue weighted by atomic mass is 10.2. The first-order chi connectivity index (χ1) is 9.84. The summed E-state index contributed by atoms with van der Waals surface area (Å²) < 4.78 is 2.20. The number of fused-ring (bicyclic) bond motifs is 3. The van der Waals surface area contributed by atoms with Crippen molar-refractivity contribution in [1.82, 2.24) is 9.55 Å². The van der Waals surface area contributed by atoms with Crippen molar-refractivity contribution >= 4 is 27.6 Å². The van der Waals surface area contributed by atoms with Gasteiger partial charge >= 0.3 is 0 Å². The fourth-order valence-corrected chi connectivity index (χ4v) is 2.70. The second kappa shape index (κ2) is 4.10. The van der Waals surface area contributed by atoms with Crippen molar-refractivity contribution in [2.24, 2.45) is 0 Å². The summed E-state index contributed by atoms with van der Waals surface area (Å²) in [6.07, 6.45) is 1.83. The minimum atomic E-state index is 0.762. The van der Waals surface area contributed by atoms with Gasteiger partial charge in [0.1, 0.15) is 0 Å². The van der Waals surface area contributed by atoms with Crippen molar-refractivity contribution < 1.29 is 0 Å². The second-order valence-electron chi connectivity index (χ2n) is 4.82. The van der Waals surface area contributed by atoms with Crippen LogP contribution in [0.15, 0.2) is 66.9 Å². The molecular weight excluding hydrogens is 246 g/mol. The molecule has 0 saturated heterocycles. The van der Waals surface area contributed by atoms with E-state index in [0.717, 1.165) is 33.3 Å². The zero-order chi connectivity index (χ0) is 13.5. The topological polar surface area (TPSA) is 43.8 Å². The summed E-state index contributed by atoms with van der Waals surface area (Å²) in [5, 5.41) is 1.12. The molecule has 0 unspecified atom stereocenters. The molecule has 0 saturated carbocycles. The lowest BCUT2D eigenvalue weighted by Gasteiger charge is -2.07. The molecule has 0 radical (unpaired) electrons. The molecule has 20 heavy (non-hydrogen) atoms. The number of hydrogen-bond donors (Lipinski definition) is 1. The molecule has 4 rings (SSSR count). The molecule has 2 aromatic carbocycles. The predicted octanol–water partition coefficient (Wildman–Crippen LogP) is 3.76. The molecule has 2 aromatic heterocycles. The first-order valence-electron chi connectivity index (χ1n) is 6.55. The summed E-state index contributed by atoms with van der Waals surface area (Å²) in [7, 11) is 0. The van der Waals surface area contributed by atoms with Gasteiger partial charge in [-0.2, -0.15) is 0 Å². The third-order valence-corrected chi connectivity index (χ3v) is 3.56. The maximum absolute atomic E-state index is 5.96. The lowest BCUT2D eigenvalue weighted by molar-refractivity contribution is 1.18. The summed E-state index contributed by atoms with van der Waals surface area (Å²) in [4.78, 5) is 4.52. The Labute approximate surface area is 116 Å². The van der Waals surface area contributed by atoms with Gasteiger partial charge in [-0.25, -0.2) is 0 Å². The molecule has 2 heterocycles. The second-order valence-corrected chi connectivity index (χ2v) is 4.82. The molecular formula is C17H13N3. The van der Waals surface area contributed by atoms with E-state index in [-0.39, 0.29) is 0 Å². The van der Waals surface area contributed by atoms with Crippen LogP contribution < -0.4 is 5.73 Å². The molecule has 0 amide bonds. The third kappa shape index (κ3) is 1.50. The van der Waals surface area contributed by atoms with E-state index >= 15 is 0 Å². The van der Waals surface area contributed by atoms with E-state index in [1.807, 2.05) is 48.7 Å². The van der Waals surface area contributed by atoms with Crippen LogP contribution >= 0.6 is 0 Å². The van der Waals surface area contributed by atoms with Crippen LogP contribution in [0.4, 0.5) is 5.69 Å². The Morgan fingerprint density at radius 1 is 0.850 bits per heavy atom. The average Bonchev–Trinajstić information content (AvgIpc) is 2.81. The Bertz CT molecular complexity index is 907. The molecule has 0 fully saturated rings. The van der Waals surface area contributed by atoms with E-state index in [2.05, 4.69) is 27.8 Å². The number of nitrogen functional groups attached to an aromatic ring is 1. The first kappa shape index (κ1) is 11.1. The third-order valence-electron chi connectivity index (χ3n) is 3.56. The summed E-state index contributed by atoms with van der Waals surface area (Å²) in [6.45, 7) is 0. The Hall–Kier alpha value is -2.81. The number of para-hydroxylation sites is 1. The molecule has 0 bridgehead atoms. The van der Waals surface area contributed by atoms with E-state index < -0.39 is 0 Å². The van der Waals surface area contributed by atoms with Crippen LogP contribution in [-0.4, -0.2) is 9.55 Å². The zero-order valence-corrected chi connectivity index (χ0v) is 10.8. The Morgan fingerprint density at radius 2 is 1.70 bits per heavy atom. The van der Waals surface area contributed by atoms with Crippen LogP contribution in [0.1, 0.15) is 0 Å². The number of aromatic nitrogens is 2. The van der Waals surface area contributed by atoms with Crippen molar-refractivity contribution in [3.05, 3.63) is 66.9 Å². The van der Waals surface area contributed by atoms with Crippen molar-refractivity contribution in [2.75, 3.05) is 5.73 Å². The van der Waals surface area contributed by atoms with Crippen LogP contribution in [0.5, 0.6) is 0 Å². The highest BCUT2D eigenvalue weighted by Gasteiger charge is 2.12. The summed E-state index contributed by atoms with van der Waals surface area (Å²) in [6, 6.07) is 20.3. The molecule has 0 spiro atoms. The molecule has 0 aliphatic carbocycles. The van der Waals surface area contributed by atoms with Crippen LogP contribution in [0, 0.1) is 0 Å². The highest BCUT2D eigenvalue weighted by molar-refractivity contribution is 6.07. The Kier molecular flexibility index (Phi) is 2.27. The fourth-order valence-electron chi connectivity index (χ4n) is 2.70. The molecule has 2 N–H and O–H groups in total. The van der Waals surface area contributed by atoms with Crippen LogP contribution in [0.25, 0.3) is 27.6 Å². The number of nitrogens with two attached hydrogens (primary N) is 1. The van der Waals surface area contributed by atoms with E-state index in [1.54, 1.807) is 0 Å². The van der Waals surface area contributed by atoms with Gasteiger partial charge in [0.15, 0.2) is 0 Å². The van der Waals surface area contributed by atoms with Gasteiger partial charge in [0, 0.05) is 23.0 Å². The summed E-state index contributed by atoms with van der Waals surface area (Å²) in [5.74, 6) is 0. The van der Waals surface area contributed by atoms with Crippen molar-refractivity contribution in [3.63, 3.8) is 0 Å². The van der Waals surface area contributed by atoms with Crippen molar-refractivity contribution in [3.8, 4) is 5.69 Å². The highest BCUT2D eigenvalue weighted by atomic mass is 15.0. The maximum atomic E-state index is 5.96. The van der Waals surface area contributed by atoms with Crippen molar-refractivity contribution in [1.29, 1.82) is 0 Å². The van der Waals surface area contributed by atoms with E-state index in [0.29, 0.717) is 0 Å². The number of pyridine rings is 1. The lowest BCUT2D eigenvalue weighted by Crippen LogP contribution is -1.93. The van der Waals surface area contributed by atoms with Crippen LogP contribution in [-0.2, 0) is 0 Å². The molecule has 3 nitrogen and oxygen atoms in total. The van der Waals surface area contributed by atoms with E-state index in [9.17, 15) is 0 Å². The van der Waals surface area contributed by atoms with Gasteiger partial charge in [-0.15, -0.1) is 0 Å². The van der Waals surface area contributed by atoms with Gasteiger partial charge in [0.2, 0.25) is 0 Å². The zero-order valence-electron chi connectivity index (χ0n) is 10.8. The van der Waals surface area contributed by atoms with Gasteiger partial charge in [0.25, 0.3) is 0 Å². The van der Waals surface area contributed by atoms with Gasteiger partial charge in [0.05, 0.1) is 16.6 Å². The molecule has 4 aromatic rings. The smallest absolute Gasteiger partial charge is 0.0963 e. The molecule has 0 aliphatic rings. The predicted molar refractivity (Wildman–Crippen MR) is 83.0 cm³/mol.